The van der Waals surface area contributed by atoms with Gasteiger partial charge in [-0.15, -0.1) is 0 Å². The first-order chi connectivity index (χ1) is 12.6. The maximum absolute atomic E-state index is 12.3. The molecule has 2 aliphatic carbocycles. The molecule has 1 aliphatic heterocycles. The lowest BCUT2D eigenvalue weighted by atomic mass is 9.50. The van der Waals surface area contributed by atoms with Crippen LogP contribution in [0.2, 0.25) is 0 Å². The fourth-order valence-corrected chi connectivity index (χ4v) is 6.56. The number of esters is 2. The van der Waals surface area contributed by atoms with Crippen molar-refractivity contribution in [2.45, 2.75) is 78.1 Å². The first-order valence-corrected chi connectivity index (χ1v) is 10.7. The summed E-state index contributed by atoms with van der Waals surface area (Å²) < 4.78 is 34.8. The predicted octanol–water partition coefficient (Wildman–Crippen LogP) is 2.70. The van der Waals surface area contributed by atoms with E-state index < -0.39 is 17.0 Å². The van der Waals surface area contributed by atoms with Gasteiger partial charge in [-0.2, -0.15) is 4.21 Å². The van der Waals surface area contributed by atoms with Crippen molar-refractivity contribution in [3.8, 4) is 0 Å². The molecule has 8 atom stereocenters. The number of ether oxygens (including phenoxy) is 2. The van der Waals surface area contributed by atoms with E-state index in [1.165, 1.54) is 13.8 Å². The molecule has 0 amide bonds. The molecule has 1 saturated heterocycles. The Bertz CT molecular complexity index is 638. The number of carbonyl (C=O) groups excluding carboxylic acids is 2. The molecule has 154 valence electrons. The summed E-state index contributed by atoms with van der Waals surface area (Å²) in [6.45, 7) is 9.29. The van der Waals surface area contributed by atoms with Gasteiger partial charge in [-0.3, -0.25) is 18.0 Å². The zero-order valence-electron chi connectivity index (χ0n) is 16.7. The molecular weight excluding hydrogens is 372 g/mol. The first kappa shape index (κ1) is 20.7. The summed E-state index contributed by atoms with van der Waals surface area (Å²) in [6.07, 6.45) is 2.50. The van der Waals surface area contributed by atoms with Crippen LogP contribution in [0, 0.1) is 23.2 Å². The average Bonchev–Trinajstić information content (AvgIpc) is 2.54. The van der Waals surface area contributed by atoms with Gasteiger partial charge in [0.25, 0.3) is 0 Å². The highest BCUT2D eigenvalue weighted by Crippen LogP contribution is 2.61. The van der Waals surface area contributed by atoms with Crippen molar-refractivity contribution < 1.29 is 31.6 Å². The minimum Gasteiger partial charge on any atom is -0.466 e. The van der Waals surface area contributed by atoms with Crippen LogP contribution in [0.15, 0.2) is 0 Å². The van der Waals surface area contributed by atoms with Crippen molar-refractivity contribution in [2.75, 3.05) is 6.61 Å². The second-order valence-electron chi connectivity index (χ2n) is 8.76. The lowest BCUT2D eigenvalue weighted by molar-refractivity contribution is -0.232. The third kappa shape index (κ3) is 3.80. The maximum atomic E-state index is 12.3. The molecule has 3 fully saturated rings. The second-order valence-corrected chi connectivity index (χ2v) is 9.53. The molecule has 0 N–H and O–H groups in total. The van der Waals surface area contributed by atoms with Crippen LogP contribution in [0.3, 0.4) is 0 Å². The monoisotopic (exact) mass is 402 g/mol. The van der Waals surface area contributed by atoms with Crippen LogP contribution in [-0.2, 0) is 38.8 Å². The van der Waals surface area contributed by atoms with E-state index in [0.717, 1.165) is 12.8 Å². The Hall–Kier alpha value is -0.990. The van der Waals surface area contributed by atoms with Crippen LogP contribution in [0.1, 0.15) is 60.3 Å². The largest absolute Gasteiger partial charge is 0.466 e. The van der Waals surface area contributed by atoms with Gasteiger partial charge in [0.05, 0.1) is 18.3 Å². The van der Waals surface area contributed by atoms with Crippen molar-refractivity contribution in [3.63, 3.8) is 0 Å². The fourth-order valence-electron chi connectivity index (χ4n) is 5.59. The van der Waals surface area contributed by atoms with Crippen LogP contribution >= 0.6 is 0 Å². The van der Waals surface area contributed by atoms with Gasteiger partial charge in [-0.1, -0.05) is 13.8 Å². The van der Waals surface area contributed by atoms with E-state index in [0.29, 0.717) is 19.4 Å². The molecule has 1 heterocycles. The van der Waals surface area contributed by atoms with E-state index in [1.807, 2.05) is 13.8 Å². The maximum Gasteiger partial charge on any atom is 0.305 e. The Kier molecular flexibility index (Phi) is 5.72. The molecular formula is C19H30O7S. The van der Waals surface area contributed by atoms with Crippen LogP contribution in [-0.4, -0.2) is 40.6 Å². The molecule has 0 bridgehead atoms. The molecule has 0 radical (unpaired) electrons. The zero-order valence-corrected chi connectivity index (χ0v) is 17.5. The second kappa shape index (κ2) is 7.44. The summed E-state index contributed by atoms with van der Waals surface area (Å²) in [6, 6.07) is 0. The van der Waals surface area contributed by atoms with E-state index in [9.17, 15) is 13.8 Å². The Morgan fingerprint density at radius 3 is 2.52 bits per heavy atom. The average molecular weight is 403 g/mol. The lowest BCUT2D eigenvalue weighted by Crippen LogP contribution is -2.67. The van der Waals surface area contributed by atoms with E-state index in [1.54, 1.807) is 0 Å². The summed E-state index contributed by atoms with van der Waals surface area (Å²) in [7, 11) is 0. The number of hydrogen-bond acceptors (Lipinski definition) is 7. The lowest BCUT2D eigenvalue weighted by Gasteiger charge is -2.62. The van der Waals surface area contributed by atoms with Crippen molar-refractivity contribution in [3.05, 3.63) is 0 Å². The van der Waals surface area contributed by atoms with Crippen molar-refractivity contribution in [1.82, 2.24) is 0 Å². The smallest absolute Gasteiger partial charge is 0.305 e. The Morgan fingerprint density at radius 1 is 1.19 bits per heavy atom. The van der Waals surface area contributed by atoms with Crippen molar-refractivity contribution in [1.29, 1.82) is 0 Å². The highest BCUT2D eigenvalue weighted by atomic mass is 32.2. The number of hydrogen-bond donors (Lipinski definition) is 0. The van der Waals surface area contributed by atoms with Gasteiger partial charge in [0.15, 0.2) is 0 Å². The molecule has 3 rings (SSSR count). The standard InChI is InChI=1S/C19H30O7S/c1-11(10-23-12(2)20)14-6-8-18(4)15(24-13(3)21)7-9-19(5)17(18)16(14)25-27(22)26-19/h11,14-17H,6-10H2,1-5H3/t11-,14+,15-,16+,17-,18+,19-,27?/m1/s1. The van der Waals surface area contributed by atoms with Gasteiger partial charge in [0.2, 0.25) is 0 Å². The van der Waals surface area contributed by atoms with E-state index in [4.69, 9.17) is 17.8 Å². The summed E-state index contributed by atoms with van der Waals surface area (Å²) in [5.41, 5.74) is -0.912. The minimum atomic E-state index is -1.81. The summed E-state index contributed by atoms with van der Waals surface area (Å²) in [5.74, 6) is -0.494. The molecule has 3 aliphatic rings. The van der Waals surface area contributed by atoms with Gasteiger partial charge >= 0.3 is 23.3 Å². The summed E-state index contributed by atoms with van der Waals surface area (Å²) in [5, 5.41) is 0. The molecule has 7 nitrogen and oxygen atoms in total. The fraction of sp³-hybridized carbons (Fsp3) is 0.895. The van der Waals surface area contributed by atoms with Gasteiger partial charge in [-0.05, 0) is 44.4 Å². The first-order valence-electron chi connectivity index (χ1n) is 9.66. The third-order valence-electron chi connectivity index (χ3n) is 6.81. The molecule has 8 heteroatoms. The normalized spacial score (nSPS) is 44.7. The Morgan fingerprint density at radius 2 is 1.89 bits per heavy atom. The highest BCUT2D eigenvalue weighted by molar-refractivity contribution is 7.75. The van der Waals surface area contributed by atoms with E-state index in [-0.39, 0.29) is 47.3 Å². The minimum absolute atomic E-state index is 0.0562. The molecule has 0 aromatic heterocycles. The molecule has 1 unspecified atom stereocenters. The third-order valence-corrected chi connectivity index (χ3v) is 7.71. The van der Waals surface area contributed by atoms with E-state index >= 15 is 0 Å². The molecule has 27 heavy (non-hydrogen) atoms. The molecule has 0 aromatic carbocycles. The molecule has 0 spiro atoms. The van der Waals surface area contributed by atoms with Crippen LogP contribution in [0.25, 0.3) is 0 Å². The molecule has 2 saturated carbocycles. The summed E-state index contributed by atoms with van der Waals surface area (Å²) in [4.78, 5) is 22.8. The topological polar surface area (TPSA) is 88.1 Å². The van der Waals surface area contributed by atoms with Crippen LogP contribution in [0.4, 0.5) is 0 Å². The van der Waals surface area contributed by atoms with Gasteiger partial charge < -0.3 is 9.47 Å². The van der Waals surface area contributed by atoms with E-state index in [2.05, 4.69) is 6.92 Å². The van der Waals surface area contributed by atoms with Gasteiger partial charge in [-0.25, -0.2) is 0 Å². The SMILES string of the molecule is CC(=O)OC[C@@H](C)[C@@H]1CC[C@]2(C)[C@H]3[C@H]1OS(=O)O[C@]3(C)CC[C@H]2OC(C)=O. The quantitative estimate of drug-likeness (QED) is 0.668. The number of rotatable bonds is 4. The zero-order chi connectivity index (χ0) is 20.0. The van der Waals surface area contributed by atoms with Crippen molar-refractivity contribution >= 4 is 23.3 Å². The van der Waals surface area contributed by atoms with Crippen LogP contribution < -0.4 is 0 Å². The Labute approximate surface area is 163 Å². The predicted molar refractivity (Wildman–Crippen MR) is 97.4 cm³/mol. The van der Waals surface area contributed by atoms with Gasteiger partial charge in [0, 0.05) is 25.2 Å². The highest BCUT2D eigenvalue weighted by Gasteiger charge is 2.65. The number of carbonyl (C=O) groups is 2. The summed E-state index contributed by atoms with van der Waals surface area (Å²) >= 11 is -1.81. The Balaban J connectivity index is 1.91. The van der Waals surface area contributed by atoms with Crippen molar-refractivity contribution in [2.24, 2.45) is 23.2 Å². The van der Waals surface area contributed by atoms with Gasteiger partial charge in [0.1, 0.15) is 6.10 Å². The molecule has 0 aromatic rings. The van der Waals surface area contributed by atoms with Crippen LogP contribution in [0.5, 0.6) is 0 Å².